The van der Waals surface area contributed by atoms with Crippen molar-refractivity contribution in [1.82, 2.24) is 9.97 Å². The first-order chi connectivity index (χ1) is 8.54. The highest BCUT2D eigenvalue weighted by atomic mass is 79.9. The van der Waals surface area contributed by atoms with E-state index in [1.807, 2.05) is 6.20 Å². The average Bonchev–Trinajstić information content (AvgIpc) is 2.68. The van der Waals surface area contributed by atoms with Crippen molar-refractivity contribution >= 4 is 27.7 Å². The molecule has 1 aliphatic rings. The molecule has 4 nitrogen and oxygen atoms in total. The van der Waals surface area contributed by atoms with Crippen LogP contribution in [0.15, 0.2) is 10.7 Å². The fourth-order valence-corrected chi connectivity index (χ4v) is 2.77. The van der Waals surface area contributed by atoms with Crippen molar-refractivity contribution in [2.75, 3.05) is 23.3 Å². The molecular formula is C13H21BrN4. The third kappa shape index (κ3) is 2.76. The summed E-state index contributed by atoms with van der Waals surface area (Å²) in [6.07, 6.45) is 5.35. The van der Waals surface area contributed by atoms with Crippen molar-refractivity contribution in [3.05, 3.63) is 10.7 Å². The first-order valence-corrected chi connectivity index (χ1v) is 7.38. The Bertz CT molecular complexity index is 419. The van der Waals surface area contributed by atoms with Crippen LogP contribution in [-0.2, 0) is 0 Å². The van der Waals surface area contributed by atoms with Crippen LogP contribution in [-0.4, -0.2) is 28.6 Å². The van der Waals surface area contributed by atoms with E-state index in [9.17, 15) is 0 Å². The van der Waals surface area contributed by atoms with Crippen LogP contribution < -0.4 is 10.2 Å². The molecule has 0 spiro atoms. The third-order valence-corrected chi connectivity index (χ3v) is 3.97. The molecule has 0 amide bonds. The molecule has 1 fully saturated rings. The summed E-state index contributed by atoms with van der Waals surface area (Å²) in [6, 6.07) is 0. The normalized spacial score (nSPS) is 18.1. The van der Waals surface area contributed by atoms with Gasteiger partial charge in [0.15, 0.2) is 0 Å². The van der Waals surface area contributed by atoms with Crippen molar-refractivity contribution in [2.24, 2.45) is 0 Å². The molecule has 0 atom stereocenters. The molecule has 0 aliphatic carbocycles. The number of nitrogens with one attached hydrogen (secondary N) is 1. The van der Waals surface area contributed by atoms with Gasteiger partial charge in [0.2, 0.25) is 5.95 Å². The molecule has 100 valence electrons. The summed E-state index contributed by atoms with van der Waals surface area (Å²) in [6.45, 7) is 8.65. The van der Waals surface area contributed by atoms with E-state index < -0.39 is 0 Å². The van der Waals surface area contributed by atoms with Crippen LogP contribution in [0.4, 0.5) is 11.8 Å². The lowest BCUT2D eigenvalue weighted by molar-refractivity contribution is 0.513. The molecule has 1 aliphatic heterocycles. The molecule has 2 heterocycles. The minimum atomic E-state index is 0.179. The Hall–Kier alpha value is -0.840. The van der Waals surface area contributed by atoms with Gasteiger partial charge in [0.05, 0.1) is 4.47 Å². The van der Waals surface area contributed by atoms with Gasteiger partial charge in [-0.25, -0.2) is 4.98 Å². The Morgan fingerprint density at radius 1 is 1.50 bits per heavy atom. The minimum Gasteiger partial charge on any atom is -0.354 e. The number of aromatic nitrogens is 2. The Morgan fingerprint density at radius 3 is 2.89 bits per heavy atom. The molecule has 1 saturated heterocycles. The highest BCUT2D eigenvalue weighted by Crippen LogP contribution is 2.36. The summed E-state index contributed by atoms with van der Waals surface area (Å²) >= 11 is 3.57. The van der Waals surface area contributed by atoms with Crippen LogP contribution in [0, 0.1) is 0 Å². The van der Waals surface area contributed by atoms with Gasteiger partial charge in [-0.15, -0.1) is 0 Å². The van der Waals surface area contributed by atoms with E-state index in [0.717, 1.165) is 35.7 Å². The van der Waals surface area contributed by atoms with Crippen LogP contribution in [0.1, 0.15) is 40.0 Å². The topological polar surface area (TPSA) is 41.1 Å². The Morgan fingerprint density at radius 2 is 2.28 bits per heavy atom. The lowest BCUT2D eigenvalue weighted by Gasteiger charge is -2.33. The van der Waals surface area contributed by atoms with Crippen molar-refractivity contribution in [2.45, 2.75) is 45.6 Å². The molecule has 1 aromatic heterocycles. The zero-order chi connectivity index (χ0) is 13.2. The molecule has 18 heavy (non-hydrogen) atoms. The van der Waals surface area contributed by atoms with Crippen LogP contribution in [0.5, 0.6) is 0 Å². The molecule has 0 aromatic carbocycles. The molecular weight excluding hydrogens is 292 g/mol. The summed E-state index contributed by atoms with van der Waals surface area (Å²) in [5.41, 5.74) is 0.179. The van der Waals surface area contributed by atoms with Gasteiger partial charge in [0, 0.05) is 24.8 Å². The largest absolute Gasteiger partial charge is 0.354 e. The zero-order valence-electron chi connectivity index (χ0n) is 11.3. The molecule has 5 heteroatoms. The minimum absolute atomic E-state index is 0.179. The molecule has 1 aromatic rings. The van der Waals surface area contributed by atoms with E-state index >= 15 is 0 Å². The van der Waals surface area contributed by atoms with Crippen LogP contribution in [0.3, 0.4) is 0 Å². The van der Waals surface area contributed by atoms with Gasteiger partial charge < -0.3 is 10.2 Å². The Balaban J connectivity index is 2.26. The standard InChI is InChI=1S/C13H21BrN4/c1-4-7-15-12-16-9-10(14)11(17-12)18-8-5-6-13(18,2)3/h9H,4-8H2,1-3H3,(H,15,16,17). The first kappa shape index (κ1) is 13.6. The maximum absolute atomic E-state index is 4.64. The predicted molar refractivity (Wildman–Crippen MR) is 79.2 cm³/mol. The summed E-state index contributed by atoms with van der Waals surface area (Å²) in [5, 5.41) is 3.24. The highest BCUT2D eigenvalue weighted by Gasteiger charge is 2.34. The summed E-state index contributed by atoms with van der Waals surface area (Å²) in [7, 11) is 0. The second-order valence-corrected chi connectivity index (χ2v) is 6.21. The Kier molecular flexibility index (Phi) is 4.10. The van der Waals surface area contributed by atoms with Gasteiger partial charge in [-0.2, -0.15) is 4.98 Å². The molecule has 0 saturated carbocycles. The number of nitrogens with zero attached hydrogens (tertiary/aromatic N) is 3. The fourth-order valence-electron chi connectivity index (χ4n) is 2.37. The van der Waals surface area contributed by atoms with Crippen LogP contribution >= 0.6 is 15.9 Å². The van der Waals surface area contributed by atoms with E-state index in [1.165, 1.54) is 12.8 Å². The van der Waals surface area contributed by atoms with Gasteiger partial charge in [-0.3, -0.25) is 0 Å². The Labute approximate surface area is 117 Å². The number of halogens is 1. The number of anilines is 2. The fraction of sp³-hybridized carbons (Fsp3) is 0.692. The van der Waals surface area contributed by atoms with Gasteiger partial charge >= 0.3 is 0 Å². The second kappa shape index (κ2) is 5.43. The summed E-state index contributed by atoms with van der Waals surface area (Å²) in [5.74, 6) is 1.73. The monoisotopic (exact) mass is 312 g/mol. The molecule has 2 rings (SSSR count). The summed E-state index contributed by atoms with van der Waals surface area (Å²) in [4.78, 5) is 11.3. The SMILES string of the molecule is CCCNc1ncc(Br)c(N2CCCC2(C)C)n1. The van der Waals surface area contributed by atoms with Crippen molar-refractivity contribution in [1.29, 1.82) is 0 Å². The van der Waals surface area contributed by atoms with Crippen LogP contribution in [0.2, 0.25) is 0 Å². The molecule has 0 bridgehead atoms. The van der Waals surface area contributed by atoms with E-state index in [0.29, 0.717) is 0 Å². The maximum atomic E-state index is 4.64. The van der Waals surface area contributed by atoms with Gasteiger partial charge in [-0.1, -0.05) is 6.92 Å². The number of rotatable bonds is 4. The number of hydrogen-bond donors (Lipinski definition) is 1. The van der Waals surface area contributed by atoms with E-state index in [-0.39, 0.29) is 5.54 Å². The van der Waals surface area contributed by atoms with Gasteiger partial charge in [0.1, 0.15) is 5.82 Å². The maximum Gasteiger partial charge on any atom is 0.224 e. The second-order valence-electron chi connectivity index (χ2n) is 5.36. The van der Waals surface area contributed by atoms with Crippen molar-refractivity contribution in [3.63, 3.8) is 0 Å². The molecule has 0 unspecified atom stereocenters. The quantitative estimate of drug-likeness (QED) is 0.924. The number of hydrogen-bond acceptors (Lipinski definition) is 4. The van der Waals surface area contributed by atoms with Crippen molar-refractivity contribution < 1.29 is 0 Å². The van der Waals surface area contributed by atoms with E-state index in [1.54, 1.807) is 0 Å². The molecule has 0 radical (unpaired) electrons. The molecule has 1 N–H and O–H groups in total. The van der Waals surface area contributed by atoms with Crippen molar-refractivity contribution in [3.8, 4) is 0 Å². The van der Waals surface area contributed by atoms with E-state index in [4.69, 9.17) is 0 Å². The third-order valence-electron chi connectivity index (χ3n) is 3.42. The van der Waals surface area contributed by atoms with Gasteiger partial charge in [-0.05, 0) is 49.0 Å². The van der Waals surface area contributed by atoms with E-state index in [2.05, 4.69) is 56.9 Å². The first-order valence-electron chi connectivity index (χ1n) is 6.58. The lowest BCUT2D eigenvalue weighted by atomic mass is 10.0. The van der Waals surface area contributed by atoms with Gasteiger partial charge in [0.25, 0.3) is 0 Å². The predicted octanol–water partition coefficient (Wildman–Crippen LogP) is 3.44. The highest BCUT2D eigenvalue weighted by molar-refractivity contribution is 9.10. The summed E-state index contributed by atoms with van der Waals surface area (Å²) < 4.78 is 0.972. The lowest BCUT2D eigenvalue weighted by Crippen LogP contribution is -2.39. The zero-order valence-corrected chi connectivity index (χ0v) is 12.9. The van der Waals surface area contributed by atoms with Crippen LogP contribution in [0.25, 0.3) is 0 Å². The average molecular weight is 313 g/mol. The smallest absolute Gasteiger partial charge is 0.224 e.